The minimum Gasteiger partial charge on any atom is -0.493 e. The number of nitrogens with one attached hydrogen (secondary N) is 2. The molecule has 2 aromatic rings. The van der Waals surface area contributed by atoms with Crippen LogP contribution in [0.3, 0.4) is 0 Å². The van der Waals surface area contributed by atoms with E-state index in [0.717, 1.165) is 47.9 Å². The first-order valence-corrected chi connectivity index (χ1v) is 15.7. The van der Waals surface area contributed by atoms with Crippen LogP contribution in [0, 0.1) is 11.8 Å². The van der Waals surface area contributed by atoms with Crippen molar-refractivity contribution in [1.82, 2.24) is 10.6 Å². The maximum atomic E-state index is 5.50. The fourth-order valence-electron chi connectivity index (χ4n) is 5.23. The Morgan fingerprint density at radius 1 is 0.488 bits per heavy atom. The van der Waals surface area contributed by atoms with Crippen molar-refractivity contribution < 1.29 is 18.9 Å². The van der Waals surface area contributed by atoms with Gasteiger partial charge in [0.2, 0.25) is 0 Å². The molecule has 0 bridgehead atoms. The predicted octanol–water partition coefficient (Wildman–Crippen LogP) is 8.16. The molecule has 41 heavy (non-hydrogen) atoms. The summed E-state index contributed by atoms with van der Waals surface area (Å²) >= 11 is 0. The van der Waals surface area contributed by atoms with E-state index in [-0.39, 0.29) is 0 Å². The van der Waals surface area contributed by atoms with Gasteiger partial charge in [0, 0.05) is 25.2 Å². The molecule has 2 N–H and O–H groups in total. The van der Waals surface area contributed by atoms with Crippen molar-refractivity contribution in [3.63, 3.8) is 0 Å². The molecule has 0 saturated carbocycles. The van der Waals surface area contributed by atoms with Gasteiger partial charge in [0.15, 0.2) is 23.0 Å². The van der Waals surface area contributed by atoms with Gasteiger partial charge in [-0.1, -0.05) is 59.1 Å². The van der Waals surface area contributed by atoms with E-state index in [4.69, 9.17) is 18.9 Å². The van der Waals surface area contributed by atoms with Gasteiger partial charge in [0.1, 0.15) is 0 Å². The van der Waals surface area contributed by atoms with E-state index in [0.29, 0.717) is 12.1 Å². The number of benzene rings is 2. The zero-order valence-corrected chi connectivity index (χ0v) is 27.2. The Morgan fingerprint density at radius 2 is 0.878 bits per heavy atom. The molecule has 0 aliphatic carbocycles. The largest absolute Gasteiger partial charge is 0.493 e. The van der Waals surface area contributed by atoms with Crippen molar-refractivity contribution in [1.29, 1.82) is 0 Å². The molecule has 2 rings (SSSR count). The molecule has 0 amide bonds. The van der Waals surface area contributed by atoms with Crippen molar-refractivity contribution in [3.8, 4) is 23.0 Å². The lowest BCUT2D eigenvalue weighted by atomic mass is 9.96. The average molecular weight is 571 g/mol. The maximum Gasteiger partial charge on any atom is 0.161 e. The van der Waals surface area contributed by atoms with Crippen molar-refractivity contribution in [2.45, 2.75) is 111 Å². The van der Waals surface area contributed by atoms with Crippen LogP contribution in [0.25, 0.3) is 0 Å². The highest BCUT2D eigenvalue weighted by atomic mass is 16.5. The zero-order valence-electron chi connectivity index (χ0n) is 27.2. The van der Waals surface area contributed by atoms with E-state index in [2.05, 4.69) is 62.6 Å². The fraction of sp³-hybridized carbons (Fsp3) is 0.657. The monoisotopic (exact) mass is 570 g/mol. The third-order valence-electron chi connectivity index (χ3n) is 7.88. The molecule has 0 saturated heterocycles. The lowest BCUT2D eigenvalue weighted by Gasteiger charge is -2.22. The predicted molar refractivity (Wildman–Crippen MR) is 172 cm³/mol. The molecule has 0 aromatic heterocycles. The van der Waals surface area contributed by atoms with Crippen LogP contribution in [0.2, 0.25) is 0 Å². The highest BCUT2D eigenvalue weighted by molar-refractivity contribution is 5.43. The molecule has 6 nitrogen and oxygen atoms in total. The molecule has 0 fully saturated rings. The van der Waals surface area contributed by atoms with Crippen LogP contribution in [0.5, 0.6) is 23.0 Å². The summed E-state index contributed by atoms with van der Waals surface area (Å²) in [5.41, 5.74) is 2.46. The molecule has 2 atom stereocenters. The van der Waals surface area contributed by atoms with Gasteiger partial charge in [-0.25, -0.2) is 0 Å². The van der Waals surface area contributed by atoms with Gasteiger partial charge >= 0.3 is 0 Å². The van der Waals surface area contributed by atoms with Crippen molar-refractivity contribution in [2.75, 3.05) is 28.4 Å². The van der Waals surface area contributed by atoms with E-state index in [9.17, 15) is 0 Å². The fourth-order valence-corrected chi connectivity index (χ4v) is 5.23. The van der Waals surface area contributed by atoms with Crippen molar-refractivity contribution in [3.05, 3.63) is 47.5 Å². The summed E-state index contributed by atoms with van der Waals surface area (Å²) in [5, 5.41) is 7.68. The van der Waals surface area contributed by atoms with Crippen molar-refractivity contribution in [2.24, 2.45) is 11.8 Å². The van der Waals surface area contributed by atoms with Gasteiger partial charge in [-0.3, -0.25) is 0 Å². The normalized spacial score (nSPS) is 12.9. The smallest absolute Gasteiger partial charge is 0.161 e. The summed E-state index contributed by atoms with van der Waals surface area (Å²) in [6, 6.07) is 13.5. The van der Waals surface area contributed by atoms with Crippen LogP contribution in [0.1, 0.15) is 96.6 Å². The van der Waals surface area contributed by atoms with Gasteiger partial charge < -0.3 is 29.6 Å². The lowest BCUT2D eigenvalue weighted by Crippen LogP contribution is -2.29. The van der Waals surface area contributed by atoms with E-state index in [1.807, 2.05) is 12.1 Å². The van der Waals surface area contributed by atoms with Crippen LogP contribution in [-0.2, 0) is 13.1 Å². The molecule has 0 spiro atoms. The van der Waals surface area contributed by atoms with Crippen LogP contribution >= 0.6 is 0 Å². The van der Waals surface area contributed by atoms with Crippen molar-refractivity contribution >= 4 is 0 Å². The second-order valence-electron chi connectivity index (χ2n) is 12.1. The Morgan fingerprint density at radius 3 is 1.22 bits per heavy atom. The van der Waals surface area contributed by atoms with E-state index < -0.39 is 0 Å². The highest BCUT2D eigenvalue weighted by Crippen LogP contribution is 2.29. The number of hydrogen-bond donors (Lipinski definition) is 2. The first-order valence-electron chi connectivity index (χ1n) is 15.7. The molecular weight excluding hydrogens is 512 g/mol. The third-order valence-corrected chi connectivity index (χ3v) is 7.88. The Bertz CT molecular complexity index is 901. The molecule has 232 valence electrons. The molecule has 0 aliphatic rings. The quantitative estimate of drug-likeness (QED) is 0.139. The maximum absolute atomic E-state index is 5.50. The number of unbranched alkanes of at least 4 members (excludes halogenated alkanes) is 2. The van der Waals surface area contributed by atoms with Crippen LogP contribution in [-0.4, -0.2) is 40.5 Å². The average Bonchev–Trinajstić information content (AvgIpc) is 2.98. The van der Waals surface area contributed by atoms with E-state index in [1.54, 1.807) is 28.4 Å². The van der Waals surface area contributed by atoms with Gasteiger partial charge in [-0.05, 0) is 85.8 Å². The number of rotatable bonds is 22. The van der Waals surface area contributed by atoms with Crippen LogP contribution in [0.15, 0.2) is 36.4 Å². The Kier molecular flexibility index (Phi) is 16.7. The second-order valence-corrected chi connectivity index (χ2v) is 12.1. The Hall–Kier alpha value is -2.44. The van der Waals surface area contributed by atoms with Crippen LogP contribution < -0.4 is 29.6 Å². The Labute approximate surface area is 250 Å². The molecule has 6 heteroatoms. The highest BCUT2D eigenvalue weighted by Gasteiger charge is 2.13. The summed E-state index contributed by atoms with van der Waals surface area (Å²) in [4.78, 5) is 0. The minimum absolute atomic E-state index is 0.533. The summed E-state index contributed by atoms with van der Waals surface area (Å²) in [6.07, 6.45) is 11.2. The minimum atomic E-state index is 0.533. The molecule has 2 aromatic carbocycles. The van der Waals surface area contributed by atoms with Gasteiger partial charge in [0.05, 0.1) is 28.4 Å². The Balaban J connectivity index is 1.85. The van der Waals surface area contributed by atoms with Crippen LogP contribution in [0.4, 0.5) is 0 Å². The summed E-state index contributed by atoms with van der Waals surface area (Å²) in [6.45, 7) is 11.0. The molecule has 0 unspecified atom stereocenters. The summed E-state index contributed by atoms with van der Waals surface area (Å²) in [7, 11) is 6.75. The third kappa shape index (κ3) is 13.4. The molecule has 0 heterocycles. The SMILES string of the molecule is COc1ccc(CN[C@H](CCCCC[C@@H](CCC(C)C)NCc2ccc(OC)c(OC)c2)CCC(C)C)cc1OC. The van der Waals surface area contributed by atoms with E-state index >= 15 is 0 Å². The van der Waals surface area contributed by atoms with E-state index in [1.165, 1.54) is 68.9 Å². The van der Waals surface area contributed by atoms with Gasteiger partial charge in [-0.15, -0.1) is 0 Å². The zero-order chi connectivity index (χ0) is 30.0. The summed E-state index contributed by atoms with van der Waals surface area (Å²) < 4.78 is 21.8. The topological polar surface area (TPSA) is 61.0 Å². The second kappa shape index (κ2) is 19.6. The molecule has 0 radical (unpaired) electrons. The number of hydrogen-bond acceptors (Lipinski definition) is 6. The van der Waals surface area contributed by atoms with Gasteiger partial charge in [-0.2, -0.15) is 0 Å². The summed E-state index contributed by atoms with van der Waals surface area (Å²) in [5.74, 6) is 4.57. The standard InChI is InChI=1S/C35H58N2O4/c1-26(2)14-18-30(36-24-28-16-20-32(38-5)34(22-28)40-7)12-10-9-11-13-31(19-15-27(3)4)37-25-29-17-21-33(39-6)35(23-29)41-8/h16-17,20-23,26-27,30-31,36-37H,9-15,18-19,24-25H2,1-8H3/t30-,31+. The molecular formula is C35H58N2O4. The lowest BCUT2D eigenvalue weighted by molar-refractivity contribution is 0.353. The number of methoxy groups -OCH3 is 4. The first kappa shape index (κ1) is 34.8. The first-order chi connectivity index (χ1) is 19.8. The number of ether oxygens (including phenoxy) is 4. The van der Waals surface area contributed by atoms with Gasteiger partial charge in [0.25, 0.3) is 0 Å². The molecule has 0 aliphatic heterocycles.